The molecule has 2 heterocycles. The fourth-order valence-electron chi connectivity index (χ4n) is 3.76. The number of anilines is 2. The second-order valence-electron chi connectivity index (χ2n) is 8.59. The third-order valence-electron chi connectivity index (χ3n) is 5.77. The van der Waals surface area contributed by atoms with Gasteiger partial charge in [-0.05, 0) is 79.4 Å². The molecule has 0 unspecified atom stereocenters. The van der Waals surface area contributed by atoms with Crippen molar-refractivity contribution in [3.05, 3.63) is 76.9 Å². The number of unbranched alkanes of at least 4 members (excludes halogenated alkanes) is 2. The van der Waals surface area contributed by atoms with Crippen LogP contribution in [0, 0.1) is 11.3 Å². The summed E-state index contributed by atoms with van der Waals surface area (Å²) in [6.45, 7) is 9.46. The van der Waals surface area contributed by atoms with E-state index < -0.39 is 0 Å². The summed E-state index contributed by atoms with van der Waals surface area (Å²) >= 11 is 8.19. The van der Waals surface area contributed by atoms with Gasteiger partial charge >= 0.3 is 0 Å². The van der Waals surface area contributed by atoms with Gasteiger partial charge in [0.2, 0.25) is 0 Å². The highest BCUT2D eigenvalue weighted by Crippen LogP contribution is 2.30. The first-order chi connectivity index (χ1) is 18.5. The van der Waals surface area contributed by atoms with Gasteiger partial charge in [0.25, 0.3) is 5.91 Å². The van der Waals surface area contributed by atoms with E-state index in [9.17, 15) is 4.79 Å². The molecular formula is C31H39ClN4OS. The van der Waals surface area contributed by atoms with Gasteiger partial charge in [-0.25, -0.2) is 0 Å². The van der Waals surface area contributed by atoms with Crippen molar-refractivity contribution in [3.63, 3.8) is 0 Å². The number of rotatable bonds is 6. The minimum absolute atomic E-state index is 0.193. The van der Waals surface area contributed by atoms with E-state index in [2.05, 4.69) is 34.5 Å². The lowest BCUT2D eigenvalue weighted by Gasteiger charge is -2.21. The summed E-state index contributed by atoms with van der Waals surface area (Å²) in [5.41, 5.74) is 4.06. The lowest BCUT2D eigenvalue weighted by atomic mass is 10.1. The third-order valence-corrected chi connectivity index (χ3v) is 7.27. The summed E-state index contributed by atoms with van der Waals surface area (Å²) in [7, 11) is 0. The van der Waals surface area contributed by atoms with Crippen molar-refractivity contribution in [2.75, 3.05) is 21.9 Å². The summed E-state index contributed by atoms with van der Waals surface area (Å²) in [6.07, 6.45) is 9.36. The maximum atomic E-state index is 12.8. The highest BCUT2D eigenvalue weighted by Gasteiger charge is 2.13. The SMILES string of the molecule is CC.CCCCC.N#Cc1ccnc(-c2cc(NC(=O)c3ccc(N4CCCCCS4)cc3)ccc2Cl)c1. The van der Waals surface area contributed by atoms with Gasteiger partial charge in [0.1, 0.15) is 0 Å². The van der Waals surface area contributed by atoms with Crippen molar-refractivity contribution in [1.29, 1.82) is 5.26 Å². The van der Waals surface area contributed by atoms with E-state index in [0.29, 0.717) is 33.1 Å². The number of amides is 1. The monoisotopic (exact) mass is 550 g/mol. The van der Waals surface area contributed by atoms with Crippen LogP contribution in [0.2, 0.25) is 5.02 Å². The Balaban J connectivity index is 0.000000651. The molecule has 0 aliphatic carbocycles. The highest BCUT2D eigenvalue weighted by molar-refractivity contribution is 8.00. The Labute approximate surface area is 237 Å². The molecule has 0 atom stereocenters. The predicted molar refractivity (Wildman–Crippen MR) is 164 cm³/mol. The normalized spacial score (nSPS) is 12.6. The maximum absolute atomic E-state index is 12.8. The van der Waals surface area contributed by atoms with E-state index in [1.165, 1.54) is 38.5 Å². The van der Waals surface area contributed by atoms with Crippen LogP contribution in [0.15, 0.2) is 60.8 Å². The van der Waals surface area contributed by atoms with Crippen molar-refractivity contribution in [3.8, 4) is 17.3 Å². The highest BCUT2D eigenvalue weighted by atomic mass is 35.5. The number of halogens is 1. The number of nitrogens with zero attached hydrogens (tertiary/aromatic N) is 3. The number of nitrogens with one attached hydrogen (secondary N) is 1. The second kappa shape index (κ2) is 17.5. The molecule has 0 radical (unpaired) electrons. The third kappa shape index (κ3) is 9.70. The zero-order valence-corrected chi connectivity index (χ0v) is 24.5. The Morgan fingerprint density at radius 1 is 1.05 bits per heavy atom. The number of nitriles is 1. The van der Waals surface area contributed by atoms with E-state index in [-0.39, 0.29) is 5.91 Å². The van der Waals surface area contributed by atoms with Crippen LogP contribution >= 0.6 is 23.5 Å². The molecule has 0 saturated carbocycles. The number of carbonyl (C=O) groups excluding carboxylic acids is 1. The fourth-order valence-corrected chi connectivity index (χ4v) is 5.06. The second-order valence-corrected chi connectivity index (χ2v) is 10.1. The Bertz CT molecular complexity index is 1170. The molecule has 3 aromatic rings. The fraction of sp³-hybridized carbons (Fsp3) is 0.387. The van der Waals surface area contributed by atoms with Gasteiger partial charge in [-0.15, -0.1) is 0 Å². The lowest BCUT2D eigenvalue weighted by molar-refractivity contribution is 0.102. The average Bonchev–Trinajstić information content (AvgIpc) is 3.26. The first-order valence-corrected chi connectivity index (χ1v) is 14.9. The number of hydrogen-bond donors (Lipinski definition) is 1. The van der Waals surface area contributed by atoms with Crippen molar-refractivity contribution in [2.45, 2.75) is 66.2 Å². The van der Waals surface area contributed by atoms with Crippen LogP contribution in [0.4, 0.5) is 11.4 Å². The van der Waals surface area contributed by atoms with Gasteiger partial charge in [-0.1, -0.05) is 65.0 Å². The summed E-state index contributed by atoms with van der Waals surface area (Å²) in [6, 6.07) is 18.3. The van der Waals surface area contributed by atoms with Crippen LogP contribution in [0.3, 0.4) is 0 Å². The van der Waals surface area contributed by atoms with E-state index >= 15 is 0 Å². The largest absolute Gasteiger partial charge is 0.322 e. The molecule has 38 heavy (non-hydrogen) atoms. The van der Waals surface area contributed by atoms with Crippen LogP contribution in [0.25, 0.3) is 11.3 Å². The number of aromatic nitrogens is 1. The number of carbonyl (C=O) groups is 1. The Morgan fingerprint density at radius 3 is 2.45 bits per heavy atom. The van der Waals surface area contributed by atoms with Crippen LogP contribution in [0.1, 0.15) is 82.1 Å². The summed E-state index contributed by atoms with van der Waals surface area (Å²) in [5.74, 6) is 0.940. The summed E-state index contributed by atoms with van der Waals surface area (Å²) in [5, 5.41) is 12.5. The lowest BCUT2D eigenvalue weighted by Crippen LogP contribution is -2.15. The van der Waals surface area contributed by atoms with Crippen molar-refractivity contribution in [2.24, 2.45) is 0 Å². The molecule has 1 aliphatic heterocycles. The molecule has 4 rings (SSSR count). The minimum atomic E-state index is -0.193. The number of hydrogen-bond acceptors (Lipinski definition) is 5. The molecule has 1 N–H and O–H groups in total. The van der Waals surface area contributed by atoms with Crippen LogP contribution in [-0.4, -0.2) is 23.2 Å². The quantitative estimate of drug-likeness (QED) is 0.309. The number of benzene rings is 2. The topological polar surface area (TPSA) is 69.0 Å². The maximum Gasteiger partial charge on any atom is 0.255 e. The molecule has 0 spiro atoms. The molecule has 202 valence electrons. The van der Waals surface area contributed by atoms with Crippen molar-refractivity contribution in [1.82, 2.24) is 4.98 Å². The smallest absolute Gasteiger partial charge is 0.255 e. The summed E-state index contributed by atoms with van der Waals surface area (Å²) in [4.78, 5) is 17.1. The van der Waals surface area contributed by atoms with E-state index in [0.717, 1.165) is 18.0 Å². The average molecular weight is 551 g/mol. The van der Waals surface area contributed by atoms with Crippen molar-refractivity contribution >= 4 is 40.8 Å². The molecule has 1 aromatic heterocycles. The Kier molecular flexibility index (Phi) is 14.4. The van der Waals surface area contributed by atoms with E-state index in [4.69, 9.17) is 16.9 Å². The van der Waals surface area contributed by atoms with Gasteiger partial charge < -0.3 is 9.62 Å². The molecule has 1 fully saturated rings. The molecule has 1 amide bonds. The van der Waals surface area contributed by atoms with Gasteiger partial charge in [-0.3, -0.25) is 9.78 Å². The summed E-state index contributed by atoms with van der Waals surface area (Å²) < 4.78 is 2.31. The van der Waals surface area contributed by atoms with E-state index in [1.54, 1.807) is 36.5 Å². The molecule has 5 nitrogen and oxygen atoms in total. The molecule has 7 heteroatoms. The van der Waals surface area contributed by atoms with Gasteiger partial charge in [0.05, 0.1) is 22.3 Å². The first-order valence-electron chi connectivity index (χ1n) is 13.5. The molecule has 2 aromatic carbocycles. The molecule has 0 bridgehead atoms. The van der Waals surface area contributed by atoms with Gasteiger partial charge in [-0.2, -0.15) is 5.26 Å². The predicted octanol–water partition coefficient (Wildman–Crippen LogP) is 9.39. The number of pyridine rings is 1. The minimum Gasteiger partial charge on any atom is -0.322 e. The van der Waals surface area contributed by atoms with Crippen LogP contribution < -0.4 is 9.62 Å². The molecular weight excluding hydrogens is 512 g/mol. The van der Waals surface area contributed by atoms with Crippen LogP contribution in [0.5, 0.6) is 0 Å². The molecule has 1 saturated heterocycles. The first kappa shape index (κ1) is 31.2. The zero-order valence-electron chi connectivity index (χ0n) is 23.0. The van der Waals surface area contributed by atoms with Crippen LogP contribution in [-0.2, 0) is 0 Å². The van der Waals surface area contributed by atoms with Crippen molar-refractivity contribution < 1.29 is 4.79 Å². The molecule has 1 aliphatic rings. The van der Waals surface area contributed by atoms with Gasteiger partial charge in [0.15, 0.2) is 0 Å². The van der Waals surface area contributed by atoms with E-state index in [1.807, 2.05) is 50.1 Å². The Hall–Kier alpha value is -3.01. The Morgan fingerprint density at radius 2 is 1.79 bits per heavy atom. The zero-order chi connectivity index (χ0) is 27.8. The van der Waals surface area contributed by atoms with Gasteiger partial charge in [0, 0.05) is 41.0 Å². The standard InChI is InChI=1S/C24H21ClN4OS.C5H12.C2H6/c25-22-9-6-19(15-21(22)23-14-17(16-26)10-11-27-23)28-24(30)18-4-7-20(8-5-18)29-12-2-1-3-13-31-29;1-3-5-4-2;1-2/h4-11,14-15H,1-3,12-13H2,(H,28,30);3-5H2,1-2H3;1-2H3.